The van der Waals surface area contributed by atoms with Crippen LogP contribution in [0.15, 0.2) is 49.7 Å². The van der Waals surface area contributed by atoms with Crippen molar-refractivity contribution in [1.29, 1.82) is 0 Å². The zero-order chi connectivity index (χ0) is 14.8. The third-order valence-corrected chi connectivity index (χ3v) is 3.15. The second-order valence-electron chi connectivity index (χ2n) is 4.65. The molecular formula is C14H13N5O2. The van der Waals surface area contributed by atoms with E-state index in [2.05, 4.69) is 25.4 Å². The van der Waals surface area contributed by atoms with Gasteiger partial charge in [0.25, 0.3) is 0 Å². The first-order valence-electron chi connectivity index (χ1n) is 6.66. The second-order valence-corrected chi connectivity index (χ2v) is 4.65. The number of hydrogen-bond acceptors (Lipinski definition) is 6. The van der Waals surface area contributed by atoms with Crippen LogP contribution < -0.4 is 4.74 Å². The zero-order valence-electron chi connectivity index (χ0n) is 11.6. The number of para-hydroxylation sites is 1. The highest BCUT2D eigenvalue weighted by molar-refractivity contribution is 6.69. The molecule has 0 saturated heterocycles. The Kier molecular flexibility index (Phi) is 3.39. The number of rotatable bonds is 4. The normalized spacial score (nSPS) is 17.8. The average molecular weight is 283 g/mol. The molecule has 0 spiro atoms. The molecule has 0 N–H and O–H groups in total. The van der Waals surface area contributed by atoms with Crippen molar-refractivity contribution in [3.05, 3.63) is 29.8 Å². The van der Waals surface area contributed by atoms with Crippen LogP contribution in [-0.4, -0.2) is 29.4 Å². The summed E-state index contributed by atoms with van der Waals surface area (Å²) < 4.78 is 5.85. The molecule has 1 aromatic rings. The van der Waals surface area contributed by atoms with E-state index in [9.17, 15) is 4.79 Å². The molecule has 2 heterocycles. The fourth-order valence-electron chi connectivity index (χ4n) is 1.86. The molecule has 106 valence electrons. The smallest absolute Gasteiger partial charge is 0.303 e. The maximum absolute atomic E-state index is 11.9. The Labute approximate surface area is 121 Å². The molecular weight excluding hydrogens is 270 g/mol. The molecule has 7 heteroatoms. The van der Waals surface area contributed by atoms with Gasteiger partial charge in [0.2, 0.25) is 11.5 Å². The number of hydrogen-bond donors (Lipinski definition) is 0. The van der Waals surface area contributed by atoms with Crippen LogP contribution in [0.2, 0.25) is 0 Å². The molecule has 0 aliphatic carbocycles. The van der Waals surface area contributed by atoms with Gasteiger partial charge in [-0.3, -0.25) is 4.79 Å². The third kappa shape index (κ3) is 2.49. The number of nitrogens with zero attached hydrogens (tertiary/aromatic N) is 5. The van der Waals surface area contributed by atoms with Crippen LogP contribution in [0.4, 0.5) is 0 Å². The topological polar surface area (TPSA) is 88.1 Å². The van der Waals surface area contributed by atoms with Crippen molar-refractivity contribution in [2.24, 2.45) is 25.4 Å². The van der Waals surface area contributed by atoms with Crippen LogP contribution >= 0.6 is 0 Å². The van der Waals surface area contributed by atoms with Crippen LogP contribution in [0.5, 0.6) is 5.75 Å². The first-order chi connectivity index (χ1) is 10.2. The molecule has 0 bridgehead atoms. The number of carbonyl (C=O) groups is 1. The molecule has 0 saturated carbocycles. The van der Waals surface area contributed by atoms with Crippen molar-refractivity contribution in [3.8, 4) is 5.75 Å². The Hall–Kier alpha value is -2.70. The molecule has 0 fully saturated rings. The zero-order valence-corrected chi connectivity index (χ0v) is 11.6. The Morgan fingerprint density at radius 2 is 2.00 bits per heavy atom. The van der Waals surface area contributed by atoms with Gasteiger partial charge < -0.3 is 4.74 Å². The minimum atomic E-state index is -0.488. The highest BCUT2D eigenvalue weighted by Crippen LogP contribution is 2.23. The number of fused-ring (bicyclic) bond motifs is 1. The van der Waals surface area contributed by atoms with Crippen LogP contribution in [0, 0.1) is 0 Å². The highest BCUT2D eigenvalue weighted by Gasteiger charge is 2.28. The van der Waals surface area contributed by atoms with Crippen LogP contribution in [0.1, 0.15) is 25.8 Å². The number of ether oxygens (including phenoxy) is 1. The van der Waals surface area contributed by atoms with Crippen molar-refractivity contribution in [2.45, 2.75) is 26.4 Å². The number of carbonyl (C=O) groups excluding carboxylic acids is 1. The Morgan fingerprint density at radius 1 is 1.19 bits per heavy atom. The minimum absolute atomic E-state index is 0.0574. The molecule has 21 heavy (non-hydrogen) atoms. The molecule has 2 aliphatic rings. The van der Waals surface area contributed by atoms with E-state index < -0.39 is 5.91 Å². The molecule has 3 rings (SSSR count). The van der Waals surface area contributed by atoms with Gasteiger partial charge in [-0.25, -0.2) is 4.99 Å². The van der Waals surface area contributed by atoms with Gasteiger partial charge in [0.1, 0.15) is 5.75 Å². The number of amides is 1. The summed E-state index contributed by atoms with van der Waals surface area (Å²) in [7, 11) is 0. The third-order valence-electron chi connectivity index (χ3n) is 3.15. The van der Waals surface area contributed by atoms with Crippen molar-refractivity contribution >= 4 is 23.3 Å². The summed E-state index contributed by atoms with van der Waals surface area (Å²) in [4.78, 5) is 20.1. The van der Waals surface area contributed by atoms with E-state index in [1.807, 2.05) is 38.1 Å². The van der Waals surface area contributed by atoms with Crippen molar-refractivity contribution in [2.75, 3.05) is 0 Å². The fourth-order valence-corrected chi connectivity index (χ4v) is 1.86. The number of benzene rings is 1. The van der Waals surface area contributed by atoms with Gasteiger partial charge in [-0.05, 0) is 30.7 Å². The van der Waals surface area contributed by atoms with E-state index in [-0.39, 0.29) is 23.5 Å². The maximum Gasteiger partial charge on any atom is 0.303 e. The van der Waals surface area contributed by atoms with Gasteiger partial charge in [-0.15, -0.1) is 10.2 Å². The lowest BCUT2D eigenvalue weighted by Crippen LogP contribution is -2.26. The van der Waals surface area contributed by atoms with E-state index in [4.69, 9.17) is 4.74 Å². The first kappa shape index (κ1) is 13.3. The monoisotopic (exact) mass is 283 g/mol. The first-order valence-corrected chi connectivity index (χ1v) is 6.66. The van der Waals surface area contributed by atoms with Crippen molar-refractivity contribution in [3.63, 3.8) is 0 Å². The predicted molar refractivity (Wildman–Crippen MR) is 78.1 cm³/mol. The second kappa shape index (κ2) is 5.35. The van der Waals surface area contributed by atoms with E-state index in [1.54, 1.807) is 0 Å². The van der Waals surface area contributed by atoms with E-state index in [0.717, 1.165) is 6.42 Å². The summed E-state index contributed by atoms with van der Waals surface area (Å²) in [5.74, 6) is 0.619. The minimum Gasteiger partial charge on any atom is -0.490 e. The lowest BCUT2D eigenvalue weighted by atomic mass is 10.1. The molecule has 1 unspecified atom stereocenters. The SMILES string of the molecule is CCC(C)Oc1ccccc1C1=NC(=O)C2=NN=NC2=N1. The number of amidine groups is 2. The van der Waals surface area contributed by atoms with Gasteiger partial charge in [-0.2, -0.15) is 4.99 Å². The Bertz CT molecular complexity index is 718. The highest BCUT2D eigenvalue weighted by atomic mass is 16.5. The summed E-state index contributed by atoms with van der Waals surface area (Å²) in [5.41, 5.74) is 0.735. The van der Waals surface area contributed by atoms with Gasteiger partial charge in [0.15, 0.2) is 5.84 Å². The largest absolute Gasteiger partial charge is 0.490 e. The van der Waals surface area contributed by atoms with Gasteiger partial charge >= 0.3 is 5.91 Å². The van der Waals surface area contributed by atoms with E-state index in [1.165, 1.54) is 0 Å². The van der Waals surface area contributed by atoms with E-state index >= 15 is 0 Å². The molecule has 0 radical (unpaired) electrons. The predicted octanol–water partition coefficient (Wildman–Crippen LogP) is 2.37. The Balaban J connectivity index is 2.00. The lowest BCUT2D eigenvalue weighted by molar-refractivity contribution is -0.111. The summed E-state index contributed by atoms with van der Waals surface area (Å²) in [6.45, 7) is 4.02. The van der Waals surface area contributed by atoms with Crippen LogP contribution in [0.3, 0.4) is 0 Å². The van der Waals surface area contributed by atoms with Gasteiger partial charge in [-0.1, -0.05) is 19.1 Å². The van der Waals surface area contributed by atoms with E-state index in [0.29, 0.717) is 11.3 Å². The molecule has 1 aromatic carbocycles. The molecule has 1 amide bonds. The summed E-state index contributed by atoms with van der Waals surface area (Å²) in [6, 6.07) is 7.34. The average Bonchev–Trinajstić information content (AvgIpc) is 2.96. The van der Waals surface area contributed by atoms with Crippen molar-refractivity contribution in [1.82, 2.24) is 0 Å². The van der Waals surface area contributed by atoms with Gasteiger partial charge in [0, 0.05) is 0 Å². The summed E-state index contributed by atoms with van der Waals surface area (Å²) in [5, 5.41) is 10.8. The quantitative estimate of drug-likeness (QED) is 0.849. The van der Waals surface area contributed by atoms with Crippen LogP contribution in [0.25, 0.3) is 0 Å². The lowest BCUT2D eigenvalue weighted by Gasteiger charge is -2.16. The summed E-state index contributed by atoms with van der Waals surface area (Å²) >= 11 is 0. The molecule has 0 aromatic heterocycles. The maximum atomic E-state index is 11.9. The standard InChI is InChI=1S/C14H13N5O2/c1-3-8(2)21-10-7-5-4-6-9(10)12-15-13-11(14(20)16-12)17-19-18-13/h4-8H,3H2,1-2H3. The van der Waals surface area contributed by atoms with Gasteiger partial charge in [0.05, 0.1) is 11.7 Å². The summed E-state index contributed by atoms with van der Waals surface area (Å²) in [6.07, 6.45) is 0.932. The molecule has 2 aliphatic heterocycles. The van der Waals surface area contributed by atoms with Crippen LogP contribution in [-0.2, 0) is 4.79 Å². The number of aliphatic imine (C=N–C) groups is 2. The van der Waals surface area contributed by atoms with Crippen molar-refractivity contribution < 1.29 is 9.53 Å². The fraction of sp³-hybridized carbons (Fsp3) is 0.286. The molecule has 1 atom stereocenters. The Morgan fingerprint density at radius 3 is 2.81 bits per heavy atom. The molecule has 7 nitrogen and oxygen atoms in total.